The summed E-state index contributed by atoms with van der Waals surface area (Å²) in [5.41, 5.74) is 2.67. The molecule has 0 unspecified atom stereocenters. The van der Waals surface area contributed by atoms with Gasteiger partial charge in [0.25, 0.3) is 0 Å². The van der Waals surface area contributed by atoms with Crippen LogP contribution in [0, 0.1) is 6.92 Å². The molecule has 0 saturated heterocycles. The smallest absolute Gasteiger partial charge is 0.215 e. The molecule has 3 rings (SSSR count). The largest absolute Gasteiger partial charge is 0.367 e. The lowest BCUT2D eigenvalue weighted by Crippen LogP contribution is -2.30. The van der Waals surface area contributed by atoms with E-state index in [4.69, 9.17) is 0 Å². The van der Waals surface area contributed by atoms with E-state index in [0.29, 0.717) is 18.2 Å². The van der Waals surface area contributed by atoms with Gasteiger partial charge in [-0.3, -0.25) is 4.98 Å². The van der Waals surface area contributed by atoms with E-state index >= 15 is 0 Å². The lowest BCUT2D eigenvalue weighted by atomic mass is 10.2. The number of anilines is 3. The minimum atomic E-state index is -3.39. The first kappa shape index (κ1) is 19.7. The summed E-state index contributed by atoms with van der Waals surface area (Å²) in [6.07, 6.45) is 3.37. The molecule has 0 spiro atoms. The zero-order valence-corrected chi connectivity index (χ0v) is 16.3. The van der Waals surface area contributed by atoms with Crippen LogP contribution in [0.5, 0.6) is 0 Å². The number of pyridine rings is 1. The van der Waals surface area contributed by atoms with Crippen LogP contribution in [0.3, 0.4) is 0 Å². The fourth-order valence-electron chi connectivity index (χ4n) is 2.55. The van der Waals surface area contributed by atoms with E-state index in [2.05, 4.69) is 30.5 Å². The molecule has 9 heteroatoms. The lowest BCUT2D eigenvalue weighted by molar-refractivity contribution is 0.582. The summed E-state index contributed by atoms with van der Waals surface area (Å²) >= 11 is 0. The Morgan fingerprint density at radius 3 is 2.39 bits per heavy atom. The SMILES string of the molecule is Cc1cccc(CS(=O)(=O)NCCNc2ccc(Nc3ccncc3)nn2)c1. The highest BCUT2D eigenvalue weighted by Gasteiger charge is 2.10. The topological polar surface area (TPSA) is 109 Å². The van der Waals surface area contributed by atoms with Gasteiger partial charge < -0.3 is 10.6 Å². The molecule has 3 aromatic rings. The van der Waals surface area contributed by atoms with Gasteiger partial charge in [-0.05, 0) is 36.8 Å². The maximum Gasteiger partial charge on any atom is 0.215 e. The Labute approximate surface area is 164 Å². The minimum Gasteiger partial charge on any atom is -0.367 e. The molecule has 28 heavy (non-hydrogen) atoms. The number of hydrogen-bond acceptors (Lipinski definition) is 7. The normalized spacial score (nSPS) is 11.2. The number of rotatable bonds is 9. The summed E-state index contributed by atoms with van der Waals surface area (Å²) in [5.74, 6) is 1.14. The molecule has 2 aromatic heterocycles. The molecule has 0 amide bonds. The van der Waals surface area contributed by atoms with Crippen LogP contribution in [0.15, 0.2) is 60.9 Å². The Morgan fingerprint density at radius 1 is 0.929 bits per heavy atom. The predicted molar refractivity (Wildman–Crippen MR) is 110 cm³/mol. The van der Waals surface area contributed by atoms with Crippen molar-refractivity contribution < 1.29 is 8.42 Å². The molecular formula is C19H22N6O2S. The van der Waals surface area contributed by atoms with Crippen LogP contribution in [-0.4, -0.2) is 36.7 Å². The average molecular weight is 398 g/mol. The molecule has 0 aliphatic heterocycles. The first-order valence-electron chi connectivity index (χ1n) is 8.78. The van der Waals surface area contributed by atoms with Crippen molar-refractivity contribution in [2.24, 2.45) is 0 Å². The second-order valence-electron chi connectivity index (χ2n) is 6.23. The van der Waals surface area contributed by atoms with Gasteiger partial charge in [-0.1, -0.05) is 29.8 Å². The number of aryl methyl sites for hydroxylation is 1. The number of nitrogens with one attached hydrogen (secondary N) is 3. The Kier molecular flexibility index (Phi) is 6.51. The second-order valence-corrected chi connectivity index (χ2v) is 8.04. The molecule has 0 aliphatic carbocycles. The van der Waals surface area contributed by atoms with E-state index in [1.165, 1.54) is 0 Å². The van der Waals surface area contributed by atoms with Crippen molar-refractivity contribution in [3.05, 3.63) is 72.1 Å². The zero-order chi connectivity index (χ0) is 19.8. The van der Waals surface area contributed by atoms with Gasteiger partial charge in [0, 0.05) is 31.2 Å². The van der Waals surface area contributed by atoms with Crippen molar-refractivity contribution in [3.63, 3.8) is 0 Å². The third kappa shape index (κ3) is 6.29. The van der Waals surface area contributed by atoms with E-state index in [9.17, 15) is 8.42 Å². The molecule has 2 heterocycles. The Morgan fingerprint density at radius 2 is 1.68 bits per heavy atom. The zero-order valence-electron chi connectivity index (χ0n) is 15.5. The van der Waals surface area contributed by atoms with E-state index < -0.39 is 10.0 Å². The van der Waals surface area contributed by atoms with Crippen LogP contribution in [-0.2, 0) is 15.8 Å². The monoisotopic (exact) mass is 398 g/mol. The van der Waals surface area contributed by atoms with Crippen molar-refractivity contribution in [2.45, 2.75) is 12.7 Å². The van der Waals surface area contributed by atoms with E-state index in [1.54, 1.807) is 24.5 Å². The maximum absolute atomic E-state index is 12.2. The van der Waals surface area contributed by atoms with Crippen LogP contribution < -0.4 is 15.4 Å². The first-order chi connectivity index (χ1) is 13.5. The maximum atomic E-state index is 12.2. The fourth-order valence-corrected chi connectivity index (χ4v) is 3.68. The summed E-state index contributed by atoms with van der Waals surface area (Å²) in [6, 6.07) is 14.7. The van der Waals surface area contributed by atoms with Crippen molar-refractivity contribution in [1.29, 1.82) is 0 Å². The first-order valence-corrected chi connectivity index (χ1v) is 10.4. The van der Waals surface area contributed by atoms with Gasteiger partial charge in [0.1, 0.15) is 5.82 Å². The Balaban J connectivity index is 1.43. The molecule has 0 saturated carbocycles. The third-order valence-corrected chi connectivity index (χ3v) is 5.17. The van der Waals surface area contributed by atoms with Gasteiger partial charge in [-0.2, -0.15) is 0 Å². The van der Waals surface area contributed by atoms with Crippen LogP contribution in [0.25, 0.3) is 0 Å². The standard InChI is InChI=1S/C19H22N6O2S/c1-15-3-2-4-16(13-15)14-28(26,27)22-12-11-21-18-5-6-19(25-24-18)23-17-7-9-20-10-8-17/h2-10,13,22H,11-12,14H2,1H3,(H,21,24)(H,20,23,25). The van der Waals surface area contributed by atoms with E-state index in [1.807, 2.05) is 43.3 Å². The van der Waals surface area contributed by atoms with Crippen molar-refractivity contribution in [3.8, 4) is 0 Å². The third-order valence-electron chi connectivity index (χ3n) is 3.81. The highest BCUT2D eigenvalue weighted by atomic mass is 32.2. The quantitative estimate of drug-likeness (QED) is 0.475. The molecular weight excluding hydrogens is 376 g/mol. The Hall–Kier alpha value is -3.04. The van der Waals surface area contributed by atoms with Crippen LogP contribution in [0.1, 0.15) is 11.1 Å². The molecule has 1 aromatic carbocycles. The molecule has 8 nitrogen and oxygen atoms in total. The van der Waals surface area contributed by atoms with Crippen LogP contribution >= 0.6 is 0 Å². The van der Waals surface area contributed by atoms with Crippen molar-refractivity contribution in [1.82, 2.24) is 19.9 Å². The lowest BCUT2D eigenvalue weighted by Gasteiger charge is -2.09. The van der Waals surface area contributed by atoms with Gasteiger partial charge in [-0.15, -0.1) is 10.2 Å². The molecule has 0 bridgehead atoms. The second kappa shape index (κ2) is 9.25. The highest BCUT2D eigenvalue weighted by Crippen LogP contribution is 2.13. The van der Waals surface area contributed by atoms with Gasteiger partial charge in [0.2, 0.25) is 10.0 Å². The van der Waals surface area contributed by atoms with Crippen molar-refractivity contribution in [2.75, 3.05) is 23.7 Å². The number of hydrogen-bond donors (Lipinski definition) is 3. The van der Waals surface area contributed by atoms with E-state index in [-0.39, 0.29) is 12.3 Å². The summed E-state index contributed by atoms with van der Waals surface area (Å²) in [6.45, 7) is 2.60. The van der Waals surface area contributed by atoms with Crippen LogP contribution in [0.4, 0.5) is 17.3 Å². The number of benzene rings is 1. The average Bonchev–Trinajstić information content (AvgIpc) is 2.67. The van der Waals surface area contributed by atoms with Gasteiger partial charge in [0.15, 0.2) is 5.82 Å². The number of aromatic nitrogens is 3. The van der Waals surface area contributed by atoms with Gasteiger partial charge >= 0.3 is 0 Å². The number of sulfonamides is 1. The number of nitrogens with zero attached hydrogens (tertiary/aromatic N) is 3. The van der Waals surface area contributed by atoms with Crippen LogP contribution in [0.2, 0.25) is 0 Å². The summed E-state index contributed by atoms with van der Waals surface area (Å²) < 4.78 is 26.9. The summed E-state index contributed by atoms with van der Waals surface area (Å²) in [4.78, 5) is 3.95. The van der Waals surface area contributed by atoms with E-state index in [0.717, 1.165) is 16.8 Å². The highest BCUT2D eigenvalue weighted by molar-refractivity contribution is 7.88. The molecule has 146 valence electrons. The molecule has 0 atom stereocenters. The fraction of sp³-hybridized carbons (Fsp3) is 0.211. The van der Waals surface area contributed by atoms with Gasteiger partial charge in [0.05, 0.1) is 5.75 Å². The summed E-state index contributed by atoms with van der Waals surface area (Å²) in [7, 11) is -3.39. The van der Waals surface area contributed by atoms with Crippen molar-refractivity contribution >= 4 is 27.3 Å². The van der Waals surface area contributed by atoms with Gasteiger partial charge in [-0.25, -0.2) is 13.1 Å². The molecule has 0 fully saturated rings. The Bertz CT molecular complexity index is 994. The predicted octanol–water partition coefficient (Wildman–Crippen LogP) is 2.46. The summed E-state index contributed by atoms with van der Waals surface area (Å²) in [5, 5.41) is 14.3. The molecule has 0 aliphatic rings. The molecule has 0 radical (unpaired) electrons. The minimum absolute atomic E-state index is 0.0378. The molecule has 3 N–H and O–H groups in total.